The van der Waals surface area contributed by atoms with Crippen LogP contribution in [0.5, 0.6) is 0 Å². The van der Waals surface area contributed by atoms with Crippen LogP contribution in [0.1, 0.15) is 13.8 Å². The Hall–Kier alpha value is -1.59. The zero-order chi connectivity index (χ0) is 12.3. The fraction of sp³-hybridized carbons (Fsp3) is 0.700. The van der Waals surface area contributed by atoms with Crippen LogP contribution >= 0.6 is 0 Å². The molecule has 0 aliphatic heterocycles. The molecule has 1 heterocycles. The first-order chi connectivity index (χ1) is 7.45. The molecule has 0 spiro atoms. The number of rotatable bonds is 4. The lowest BCUT2D eigenvalue weighted by Crippen LogP contribution is -2.29. The van der Waals surface area contributed by atoms with Gasteiger partial charge in [-0.25, -0.2) is 0 Å². The van der Waals surface area contributed by atoms with E-state index in [-0.39, 0.29) is 0 Å². The quantitative estimate of drug-likeness (QED) is 0.817. The van der Waals surface area contributed by atoms with Gasteiger partial charge in [-0.2, -0.15) is 15.0 Å². The molecule has 0 radical (unpaired) electrons. The molecule has 0 saturated heterocycles. The molecule has 1 rings (SSSR count). The van der Waals surface area contributed by atoms with Crippen molar-refractivity contribution in [3.63, 3.8) is 0 Å². The van der Waals surface area contributed by atoms with Gasteiger partial charge >= 0.3 is 0 Å². The number of aromatic nitrogens is 3. The van der Waals surface area contributed by atoms with Gasteiger partial charge in [0.1, 0.15) is 0 Å². The molecular weight excluding hydrogens is 204 g/mol. The molecule has 0 fully saturated rings. The zero-order valence-electron chi connectivity index (χ0n) is 10.8. The van der Waals surface area contributed by atoms with Gasteiger partial charge in [-0.1, -0.05) is 0 Å². The van der Waals surface area contributed by atoms with Crippen molar-refractivity contribution < 1.29 is 0 Å². The van der Waals surface area contributed by atoms with Gasteiger partial charge in [0.2, 0.25) is 17.8 Å². The maximum Gasteiger partial charge on any atom is 0.231 e. The van der Waals surface area contributed by atoms with Gasteiger partial charge in [0.05, 0.1) is 0 Å². The van der Waals surface area contributed by atoms with Crippen LogP contribution in [-0.4, -0.2) is 49.2 Å². The van der Waals surface area contributed by atoms with E-state index in [1.165, 1.54) is 0 Å². The molecular formula is C10H20N6. The van der Waals surface area contributed by atoms with E-state index in [0.29, 0.717) is 23.9 Å². The summed E-state index contributed by atoms with van der Waals surface area (Å²) in [5, 5.41) is 2.94. The minimum atomic E-state index is 0.349. The van der Waals surface area contributed by atoms with Crippen molar-refractivity contribution in [1.82, 2.24) is 15.0 Å². The number of nitrogens with zero attached hydrogens (tertiary/aromatic N) is 5. The number of hydrogen-bond donors (Lipinski definition) is 1. The van der Waals surface area contributed by atoms with E-state index < -0.39 is 0 Å². The standard InChI is InChI=1S/C10H20N6/c1-7(2)16(6)10-13-8(11-3)12-9(14-10)15(4)5/h7H,1-6H3,(H,11,12,13,14). The van der Waals surface area contributed by atoms with Gasteiger partial charge in [-0.15, -0.1) is 0 Å². The van der Waals surface area contributed by atoms with Crippen molar-refractivity contribution in [2.24, 2.45) is 0 Å². The summed E-state index contributed by atoms with van der Waals surface area (Å²) in [4.78, 5) is 16.8. The molecule has 90 valence electrons. The third kappa shape index (κ3) is 2.71. The Morgan fingerprint density at radius 2 is 1.56 bits per heavy atom. The second-order valence-electron chi connectivity index (χ2n) is 4.11. The van der Waals surface area contributed by atoms with E-state index in [1.54, 1.807) is 7.05 Å². The van der Waals surface area contributed by atoms with Crippen molar-refractivity contribution in [1.29, 1.82) is 0 Å². The van der Waals surface area contributed by atoms with Crippen molar-refractivity contribution >= 4 is 17.8 Å². The lowest BCUT2D eigenvalue weighted by atomic mass is 10.4. The van der Waals surface area contributed by atoms with Crippen LogP contribution in [-0.2, 0) is 0 Å². The Bertz CT molecular complexity index is 349. The molecule has 16 heavy (non-hydrogen) atoms. The average molecular weight is 224 g/mol. The molecule has 1 aromatic heterocycles. The summed E-state index contributed by atoms with van der Waals surface area (Å²) in [5.74, 6) is 1.92. The molecule has 0 amide bonds. The van der Waals surface area contributed by atoms with Crippen molar-refractivity contribution in [3.05, 3.63) is 0 Å². The van der Waals surface area contributed by atoms with Crippen LogP contribution in [0, 0.1) is 0 Å². The molecule has 1 N–H and O–H groups in total. The van der Waals surface area contributed by atoms with Crippen LogP contribution in [0.15, 0.2) is 0 Å². The fourth-order valence-electron chi connectivity index (χ4n) is 1.05. The van der Waals surface area contributed by atoms with Gasteiger partial charge in [0.25, 0.3) is 0 Å². The fourth-order valence-corrected chi connectivity index (χ4v) is 1.05. The predicted octanol–water partition coefficient (Wildman–Crippen LogP) is 0.824. The van der Waals surface area contributed by atoms with Gasteiger partial charge < -0.3 is 15.1 Å². The summed E-state index contributed by atoms with van der Waals surface area (Å²) in [6, 6.07) is 0.349. The van der Waals surface area contributed by atoms with E-state index in [2.05, 4.69) is 34.1 Å². The highest BCUT2D eigenvalue weighted by molar-refractivity contribution is 5.44. The monoisotopic (exact) mass is 224 g/mol. The molecule has 0 unspecified atom stereocenters. The molecule has 0 saturated carbocycles. The SMILES string of the molecule is CNc1nc(N(C)C)nc(N(C)C(C)C)n1. The highest BCUT2D eigenvalue weighted by atomic mass is 15.3. The van der Waals surface area contributed by atoms with Crippen molar-refractivity contribution in [2.75, 3.05) is 43.3 Å². The predicted molar refractivity (Wildman–Crippen MR) is 67.2 cm³/mol. The van der Waals surface area contributed by atoms with Crippen molar-refractivity contribution in [2.45, 2.75) is 19.9 Å². The summed E-state index contributed by atoms with van der Waals surface area (Å²) >= 11 is 0. The summed E-state index contributed by atoms with van der Waals surface area (Å²) in [6.07, 6.45) is 0. The normalized spacial score (nSPS) is 10.4. The third-order valence-corrected chi connectivity index (χ3v) is 2.33. The molecule has 6 nitrogen and oxygen atoms in total. The lowest BCUT2D eigenvalue weighted by Gasteiger charge is -2.22. The Balaban J connectivity index is 3.13. The second kappa shape index (κ2) is 4.96. The molecule has 0 aliphatic carbocycles. The van der Waals surface area contributed by atoms with Crippen LogP contribution in [0.25, 0.3) is 0 Å². The summed E-state index contributed by atoms with van der Waals surface area (Å²) < 4.78 is 0. The maximum atomic E-state index is 4.39. The first kappa shape index (κ1) is 12.5. The summed E-state index contributed by atoms with van der Waals surface area (Å²) in [6.45, 7) is 4.19. The van der Waals surface area contributed by atoms with Crippen molar-refractivity contribution in [3.8, 4) is 0 Å². The van der Waals surface area contributed by atoms with E-state index in [4.69, 9.17) is 0 Å². The third-order valence-electron chi connectivity index (χ3n) is 2.33. The number of anilines is 3. The van der Waals surface area contributed by atoms with E-state index in [1.807, 2.05) is 30.9 Å². The largest absolute Gasteiger partial charge is 0.357 e. The molecule has 0 bridgehead atoms. The number of nitrogens with one attached hydrogen (secondary N) is 1. The summed E-state index contributed by atoms with van der Waals surface area (Å²) in [7, 11) is 7.59. The first-order valence-corrected chi connectivity index (χ1v) is 5.29. The van der Waals surface area contributed by atoms with Crippen LogP contribution in [0.2, 0.25) is 0 Å². The van der Waals surface area contributed by atoms with Crippen LogP contribution < -0.4 is 15.1 Å². The van der Waals surface area contributed by atoms with Gasteiger partial charge in [-0.05, 0) is 13.8 Å². The first-order valence-electron chi connectivity index (χ1n) is 5.29. The van der Waals surface area contributed by atoms with E-state index in [0.717, 1.165) is 0 Å². The minimum absolute atomic E-state index is 0.349. The van der Waals surface area contributed by atoms with E-state index in [9.17, 15) is 0 Å². The Kier molecular flexibility index (Phi) is 3.87. The zero-order valence-corrected chi connectivity index (χ0v) is 10.8. The Morgan fingerprint density at radius 3 is 2.00 bits per heavy atom. The van der Waals surface area contributed by atoms with Gasteiger partial charge in [0, 0.05) is 34.2 Å². The highest BCUT2D eigenvalue weighted by Crippen LogP contribution is 2.15. The van der Waals surface area contributed by atoms with Crippen LogP contribution in [0.4, 0.5) is 17.8 Å². The van der Waals surface area contributed by atoms with Gasteiger partial charge in [-0.3, -0.25) is 0 Å². The molecule has 0 aromatic carbocycles. The Labute approximate surface area is 96.7 Å². The van der Waals surface area contributed by atoms with Gasteiger partial charge in [0.15, 0.2) is 0 Å². The average Bonchev–Trinajstić information content (AvgIpc) is 2.27. The minimum Gasteiger partial charge on any atom is -0.357 e. The second-order valence-corrected chi connectivity index (χ2v) is 4.11. The maximum absolute atomic E-state index is 4.39. The smallest absolute Gasteiger partial charge is 0.231 e. The molecule has 1 aromatic rings. The highest BCUT2D eigenvalue weighted by Gasteiger charge is 2.12. The van der Waals surface area contributed by atoms with E-state index >= 15 is 0 Å². The number of hydrogen-bond acceptors (Lipinski definition) is 6. The topological polar surface area (TPSA) is 57.2 Å². The Morgan fingerprint density at radius 1 is 1.00 bits per heavy atom. The van der Waals surface area contributed by atoms with Crippen LogP contribution in [0.3, 0.4) is 0 Å². The molecule has 0 aliphatic rings. The lowest BCUT2D eigenvalue weighted by molar-refractivity contribution is 0.724. The molecule has 0 atom stereocenters. The summed E-state index contributed by atoms with van der Waals surface area (Å²) in [5.41, 5.74) is 0. The molecule has 6 heteroatoms.